The molecule has 1 aliphatic heterocycles. The molecule has 1 aliphatic rings. The quantitative estimate of drug-likeness (QED) is 0.798. The smallest absolute Gasteiger partial charge is 0.250 e. The van der Waals surface area contributed by atoms with Gasteiger partial charge in [0.05, 0.1) is 16.9 Å². The van der Waals surface area contributed by atoms with Crippen LogP contribution in [0.15, 0.2) is 18.2 Å². The molecule has 18 heavy (non-hydrogen) atoms. The fourth-order valence-corrected chi connectivity index (χ4v) is 3.38. The van der Waals surface area contributed by atoms with Crippen LogP contribution in [0.2, 0.25) is 0 Å². The molecule has 5 heteroatoms. The molecule has 1 saturated heterocycles. The van der Waals surface area contributed by atoms with Gasteiger partial charge in [0, 0.05) is 23.6 Å². The van der Waals surface area contributed by atoms with Crippen molar-refractivity contribution in [1.82, 2.24) is 0 Å². The predicted octanol–water partition coefficient (Wildman–Crippen LogP) is 1.70. The van der Waals surface area contributed by atoms with E-state index < -0.39 is 5.91 Å². The minimum absolute atomic E-state index is 0.202. The Balaban J connectivity index is 2.34. The van der Waals surface area contributed by atoms with Crippen molar-refractivity contribution in [3.63, 3.8) is 0 Å². The largest absolute Gasteiger partial charge is 0.396 e. The van der Waals surface area contributed by atoms with E-state index in [0.717, 1.165) is 24.5 Å². The molecule has 0 aliphatic carbocycles. The van der Waals surface area contributed by atoms with Gasteiger partial charge in [-0.3, -0.25) is 4.79 Å². The van der Waals surface area contributed by atoms with E-state index in [0.29, 0.717) is 11.3 Å². The third kappa shape index (κ3) is 2.56. The van der Waals surface area contributed by atoms with Gasteiger partial charge in [-0.25, -0.2) is 0 Å². The highest BCUT2D eigenvalue weighted by Crippen LogP contribution is 2.35. The van der Waals surface area contributed by atoms with Crippen LogP contribution in [-0.2, 0) is 0 Å². The Morgan fingerprint density at radius 2 is 2.17 bits per heavy atom. The van der Waals surface area contributed by atoms with Crippen molar-refractivity contribution in [3.05, 3.63) is 23.8 Å². The lowest BCUT2D eigenvalue weighted by atomic mass is 10.1. The number of primary amides is 1. The Bertz CT molecular complexity index is 473. The lowest BCUT2D eigenvalue weighted by Crippen LogP contribution is -2.43. The van der Waals surface area contributed by atoms with Crippen molar-refractivity contribution in [1.29, 1.82) is 0 Å². The molecule has 0 bridgehead atoms. The molecule has 1 aromatic rings. The number of hydrogen-bond donors (Lipinski definition) is 2. The second kappa shape index (κ2) is 4.72. The van der Waals surface area contributed by atoms with E-state index in [1.807, 2.05) is 23.9 Å². The fraction of sp³-hybridized carbons (Fsp3) is 0.462. The highest BCUT2D eigenvalue weighted by atomic mass is 32.2. The van der Waals surface area contributed by atoms with Crippen LogP contribution >= 0.6 is 11.8 Å². The maximum absolute atomic E-state index is 11.3. The van der Waals surface area contributed by atoms with E-state index in [1.54, 1.807) is 6.07 Å². The third-order valence-electron chi connectivity index (χ3n) is 3.11. The van der Waals surface area contributed by atoms with E-state index in [4.69, 9.17) is 11.5 Å². The Labute approximate surface area is 112 Å². The first-order valence-electron chi connectivity index (χ1n) is 5.98. The molecule has 0 saturated carbocycles. The number of anilines is 2. The summed E-state index contributed by atoms with van der Waals surface area (Å²) in [4.78, 5) is 13.5. The van der Waals surface area contributed by atoms with Gasteiger partial charge in [-0.2, -0.15) is 11.8 Å². The van der Waals surface area contributed by atoms with Gasteiger partial charge in [0.1, 0.15) is 0 Å². The van der Waals surface area contributed by atoms with Crippen molar-refractivity contribution in [2.45, 2.75) is 18.6 Å². The van der Waals surface area contributed by atoms with Crippen LogP contribution in [-0.4, -0.2) is 29.5 Å². The standard InChI is InChI=1S/C13H19N3OS/c1-13(2)8-16(6-7-18-13)10-5-3-4-9(11(10)14)12(15)17/h3-5H,6-8,14H2,1-2H3,(H2,15,17). The minimum atomic E-state index is -0.472. The summed E-state index contributed by atoms with van der Waals surface area (Å²) in [6.07, 6.45) is 0. The van der Waals surface area contributed by atoms with Crippen LogP contribution in [0, 0.1) is 0 Å². The fourth-order valence-electron chi connectivity index (χ4n) is 2.27. The second-order valence-electron chi connectivity index (χ2n) is 5.13. The lowest BCUT2D eigenvalue weighted by Gasteiger charge is -2.39. The molecule has 1 aromatic carbocycles. The number of carbonyl (C=O) groups is 1. The van der Waals surface area contributed by atoms with Crippen molar-refractivity contribution in [2.75, 3.05) is 29.5 Å². The molecule has 4 N–H and O–H groups in total. The molecule has 0 unspecified atom stereocenters. The van der Waals surface area contributed by atoms with Gasteiger partial charge in [0.15, 0.2) is 0 Å². The van der Waals surface area contributed by atoms with Gasteiger partial charge in [-0.15, -0.1) is 0 Å². The molecule has 0 spiro atoms. The molecule has 2 rings (SSSR count). The Morgan fingerprint density at radius 1 is 1.44 bits per heavy atom. The average molecular weight is 265 g/mol. The Hall–Kier alpha value is -1.36. The molecular weight excluding hydrogens is 246 g/mol. The van der Waals surface area contributed by atoms with Crippen LogP contribution in [0.25, 0.3) is 0 Å². The van der Waals surface area contributed by atoms with Crippen molar-refractivity contribution >= 4 is 29.0 Å². The number of amides is 1. The number of nitrogens with zero attached hydrogens (tertiary/aromatic N) is 1. The Morgan fingerprint density at radius 3 is 2.78 bits per heavy atom. The highest BCUT2D eigenvalue weighted by Gasteiger charge is 2.28. The van der Waals surface area contributed by atoms with Crippen molar-refractivity contribution in [3.8, 4) is 0 Å². The number of hydrogen-bond acceptors (Lipinski definition) is 4. The molecule has 1 fully saturated rings. The minimum Gasteiger partial charge on any atom is -0.396 e. The average Bonchev–Trinajstić information content (AvgIpc) is 2.27. The van der Waals surface area contributed by atoms with Gasteiger partial charge in [0.25, 0.3) is 5.91 Å². The van der Waals surface area contributed by atoms with E-state index >= 15 is 0 Å². The van der Waals surface area contributed by atoms with Gasteiger partial charge >= 0.3 is 0 Å². The molecule has 0 radical (unpaired) electrons. The predicted molar refractivity (Wildman–Crippen MR) is 78.1 cm³/mol. The van der Waals surface area contributed by atoms with Crippen LogP contribution in [0.5, 0.6) is 0 Å². The summed E-state index contributed by atoms with van der Waals surface area (Å²) in [5.41, 5.74) is 13.2. The molecular formula is C13H19N3OS. The number of carbonyl (C=O) groups excluding carboxylic acids is 1. The summed E-state index contributed by atoms with van der Waals surface area (Å²) in [5, 5.41) is 0. The van der Waals surface area contributed by atoms with E-state index in [2.05, 4.69) is 18.7 Å². The zero-order valence-electron chi connectivity index (χ0n) is 10.8. The Kier molecular flexibility index (Phi) is 3.43. The number of nitrogens with two attached hydrogens (primary N) is 2. The zero-order valence-corrected chi connectivity index (χ0v) is 11.6. The van der Waals surface area contributed by atoms with Gasteiger partial charge < -0.3 is 16.4 Å². The number of benzene rings is 1. The third-order valence-corrected chi connectivity index (χ3v) is 4.41. The normalized spacial score (nSPS) is 18.7. The first-order valence-corrected chi connectivity index (χ1v) is 6.96. The van der Waals surface area contributed by atoms with Crippen LogP contribution in [0.1, 0.15) is 24.2 Å². The van der Waals surface area contributed by atoms with E-state index in [1.165, 1.54) is 0 Å². The SMILES string of the molecule is CC1(C)CN(c2cccc(C(N)=O)c2N)CCS1. The first-order chi connectivity index (χ1) is 8.41. The van der Waals surface area contributed by atoms with Crippen LogP contribution < -0.4 is 16.4 Å². The van der Waals surface area contributed by atoms with Crippen LogP contribution in [0.4, 0.5) is 11.4 Å². The first kappa shape index (κ1) is 13.1. The van der Waals surface area contributed by atoms with E-state index in [9.17, 15) is 4.79 Å². The number of para-hydroxylation sites is 1. The molecule has 4 nitrogen and oxygen atoms in total. The van der Waals surface area contributed by atoms with Crippen LogP contribution in [0.3, 0.4) is 0 Å². The van der Waals surface area contributed by atoms with E-state index in [-0.39, 0.29) is 4.75 Å². The summed E-state index contributed by atoms with van der Waals surface area (Å²) < 4.78 is 0.202. The zero-order chi connectivity index (χ0) is 13.3. The monoisotopic (exact) mass is 265 g/mol. The topological polar surface area (TPSA) is 72.3 Å². The number of rotatable bonds is 2. The molecule has 1 heterocycles. The second-order valence-corrected chi connectivity index (χ2v) is 6.93. The number of nitrogen functional groups attached to an aromatic ring is 1. The molecule has 98 valence electrons. The summed E-state index contributed by atoms with van der Waals surface area (Å²) in [5.74, 6) is 0.591. The lowest BCUT2D eigenvalue weighted by molar-refractivity contribution is 0.100. The maximum Gasteiger partial charge on any atom is 0.250 e. The van der Waals surface area contributed by atoms with Crippen molar-refractivity contribution in [2.24, 2.45) is 5.73 Å². The van der Waals surface area contributed by atoms with Gasteiger partial charge in [0.2, 0.25) is 0 Å². The molecule has 0 atom stereocenters. The molecule has 1 amide bonds. The van der Waals surface area contributed by atoms with Gasteiger partial charge in [-0.05, 0) is 26.0 Å². The summed E-state index contributed by atoms with van der Waals surface area (Å²) >= 11 is 1.96. The maximum atomic E-state index is 11.3. The van der Waals surface area contributed by atoms with Crippen molar-refractivity contribution < 1.29 is 4.79 Å². The highest BCUT2D eigenvalue weighted by molar-refractivity contribution is 8.00. The number of thioether (sulfide) groups is 1. The summed E-state index contributed by atoms with van der Waals surface area (Å²) in [7, 11) is 0. The molecule has 0 aromatic heterocycles. The summed E-state index contributed by atoms with van der Waals surface area (Å²) in [6.45, 7) is 6.31. The summed E-state index contributed by atoms with van der Waals surface area (Å²) in [6, 6.07) is 5.46. The van der Waals surface area contributed by atoms with Gasteiger partial charge in [-0.1, -0.05) is 6.07 Å².